The van der Waals surface area contributed by atoms with Crippen molar-refractivity contribution >= 4 is 29.9 Å². The summed E-state index contributed by atoms with van der Waals surface area (Å²) >= 11 is 0. The number of alkyl halides is 3. The van der Waals surface area contributed by atoms with Gasteiger partial charge < -0.3 is 19.9 Å². The van der Waals surface area contributed by atoms with E-state index in [0.29, 0.717) is 23.2 Å². The number of benzene rings is 1. The molecule has 2 N–H and O–H groups in total. The molecule has 0 bridgehead atoms. The Hall–Kier alpha value is -2.05. The average molecular weight is 541 g/mol. The first-order valence-corrected chi connectivity index (χ1v) is 9.04. The van der Waals surface area contributed by atoms with E-state index in [4.69, 9.17) is 9.26 Å². The molecule has 0 radical (unpaired) electrons. The fraction of sp³-hybridized carbons (Fsp3) is 0.526. The van der Waals surface area contributed by atoms with Gasteiger partial charge in [0.05, 0.1) is 6.54 Å². The molecule has 7 nitrogen and oxygen atoms in total. The first-order chi connectivity index (χ1) is 13.5. The third-order valence-corrected chi connectivity index (χ3v) is 3.81. The van der Waals surface area contributed by atoms with E-state index in [1.54, 1.807) is 32.2 Å². The van der Waals surface area contributed by atoms with Crippen LogP contribution >= 0.6 is 24.0 Å². The Bertz CT molecular complexity index is 847. The van der Waals surface area contributed by atoms with Crippen LogP contribution in [0.3, 0.4) is 0 Å². The van der Waals surface area contributed by atoms with Gasteiger partial charge in [-0.1, -0.05) is 38.1 Å². The van der Waals surface area contributed by atoms with Crippen molar-refractivity contribution in [2.75, 3.05) is 13.7 Å². The molecule has 30 heavy (non-hydrogen) atoms. The minimum atomic E-state index is -4.40. The molecule has 0 aliphatic heterocycles. The van der Waals surface area contributed by atoms with Crippen LogP contribution in [0.15, 0.2) is 27.7 Å². The van der Waals surface area contributed by atoms with Crippen LogP contribution < -0.4 is 15.4 Å². The summed E-state index contributed by atoms with van der Waals surface area (Å²) in [6, 6.07) is 5.10. The Kier molecular flexibility index (Phi) is 9.37. The van der Waals surface area contributed by atoms with Crippen LogP contribution in [0.5, 0.6) is 5.75 Å². The number of nitrogens with one attached hydrogen (secondary N) is 2. The van der Waals surface area contributed by atoms with Crippen LogP contribution in [0, 0.1) is 6.92 Å². The van der Waals surface area contributed by atoms with Gasteiger partial charge in [0, 0.05) is 24.6 Å². The molecule has 0 saturated carbocycles. The standard InChI is InChI=1S/C19H26F3N5O2.HI/c1-12-6-7-13(14(8-12)28-11-19(20,21)22)9-24-17(23-5)25-10-15-26-16(29-27-15)18(2,3)4;/h6-8H,9-11H2,1-5H3,(H2,23,24,25);1H. The number of halogens is 4. The molecule has 0 fully saturated rings. The number of hydrogen-bond donors (Lipinski definition) is 2. The first kappa shape index (κ1) is 26.0. The fourth-order valence-electron chi connectivity index (χ4n) is 2.29. The normalized spacial score (nSPS) is 12.3. The first-order valence-electron chi connectivity index (χ1n) is 9.04. The Labute approximate surface area is 190 Å². The molecule has 0 saturated heterocycles. The average Bonchev–Trinajstić information content (AvgIpc) is 3.10. The summed E-state index contributed by atoms with van der Waals surface area (Å²) in [5, 5.41) is 10.0. The second-order valence-electron chi connectivity index (χ2n) is 7.56. The minimum Gasteiger partial charge on any atom is -0.484 e. The van der Waals surface area contributed by atoms with Crippen LogP contribution in [0.25, 0.3) is 0 Å². The van der Waals surface area contributed by atoms with E-state index in [0.717, 1.165) is 5.56 Å². The highest BCUT2D eigenvalue weighted by Gasteiger charge is 2.29. The molecule has 0 spiro atoms. The van der Waals surface area contributed by atoms with E-state index in [9.17, 15) is 13.2 Å². The molecule has 0 aliphatic rings. The van der Waals surface area contributed by atoms with E-state index in [1.807, 2.05) is 20.8 Å². The molecule has 1 aromatic carbocycles. The highest BCUT2D eigenvalue weighted by atomic mass is 127. The number of aliphatic imine (C=N–C) groups is 1. The molecule has 0 amide bonds. The van der Waals surface area contributed by atoms with Gasteiger partial charge in [-0.2, -0.15) is 18.2 Å². The predicted octanol–water partition coefficient (Wildman–Crippen LogP) is 4.10. The van der Waals surface area contributed by atoms with Crippen molar-refractivity contribution in [3.05, 3.63) is 41.0 Å². The summed E-state index contributed by atoms with van der Waals surface area (Å²) in [5.74, 6) is 1.62. The lowest BCUT2D eigenvalue weighted by atomic mass is 9.97. The van der Waals surface area contributed by atoms with Crippen LogP contribution in [-0.4, -0.2) is 35.9 Å². The number of aromatic nitrogens is 2. The molecule has 0 unspecified atom stereocenters. The topological polar surface area (TPSA) is 84.6 Å². The third-order valence-electron chi connectivity index (χ3n) is 3.81. The zero-order valence-corrected chi connectivity index (χ0v) is 19.9. The zero-order chi connectivity index (χ0) is 21.7. The minimum absolute atomic E-state index is 0. The van der Waals surface area contributed by atoms with Crippen LogP contribution in [-0.2, 0) is 18.5 Å². The molecule has 2 rings (SSSR count). The summed E-state index contributed by atoms with van der Waals surface area (Å²) in [5.41, 5.74) is 1.14. The number of rotatable bonds is 6. The summed E-state index contributed by atoms with van der Waals surface area (Å²) in [6.45, 7) is 6.87. The molecule has 168 valence electrons. The van der Waals surface area contributed by atoms with Gasteiger partial charge in [-0.15, -0.1) is 24.0 Å². The molecular formula is C19H27F3IN5O2. The molecule has 1 heterocycles. The van der Waals surface area contributed by atoms with Crippen molar-refractivity contribution in [2.45, 2.75) is 52.4 Å². The van der Waals surface area contributed by atoms with Crippen molar-refractivity contribution in [3.8, 4) is 5.75 Å². The summed E-state index contributed by atoms with van der Waals surface area (Å²) in [7, 11) is 1.59. The monoisotopic (exact) mass is 541 g/mol. The van der Waals surface area contributed by atoms with Gasteiger partial charge in [-0.3, -0.25) is 4.99 Å². The Morgan fingerprint density at radius 2 is 1.83 bits per heavy atom. The SMILES string of the molecule is CN=C(NCc1noc(C(C)(C)C)n1)NCc1ccc(C)cc1OCC(F)(F)F.I. The predicted molar refractivity (Wildman–Crippen MR) is 118 cm³/mol. The molecular weight excluding hydrogens is 514 g/mol. The second kappa shape index (κ2) is 10.8. The third kappa shape index (κ3) is 8.36. The molecule has 0 aliphatic carbocycles. The number of guanidine groups is 1. The number of ether oxygens (including phenoxy) is 1. The van der Waals surface area contributed by atoms with Gasteiger partial charge in [-0.25, -0.2) is 0 Å². The second-order valence-corrected chi connectivity index (χ2v) is 7.56. The Morgan fingerprint density at radius 1 is 1.17 bits per heavy atom. The maximum Gasteiger partial charge on any atom is 0.422 e. The van der Waals surface area contributed by atoms with Gasteiger partial charge in [0.15, 0.2) is 18.4 Å². The number of aryl methyl sites for hydroxylation is 1. The zero-order valence-electron chi connectivity index (χ0n) is 17.6. The van der Waals surface area contributed by atoms with Crippen molar-refractivity contribution in [2.24, 2.45) is 4.99 Å². The highest BCUT2D eigenvalue weighted by Crippen LogP contribution is 2.24. The van der Waals surface area contributed by atoms with Gasteiger partial charge in [0.25, 0.3) is 0 Å². The summed E-state index contributed by atoms with van der Waals surface area (Å²) in [6.07, 6.45) is -4.40. The smallest absolute Gasteiger partial charge is 0.422 e. The van der Waals surface area contributed by atoms with E-state index in [2.05, 4.69) is 25.8 Å². The van der Waals surface area contributed by atoms with E-state index < -0.39 is 12.8 Å². The fourth-order valence-corrected chi connectivity index (χ4v) is 2.29. The van der Waals surface area contributed by atoms with E-state index in [-0.39, 0.29) is 48.2 Å². The van der Waals surface area contributed by atoms with Crippen molar-refractivity contribution in [3.63, 3.8) is 0 Å². The van der Waals surface area contributed by atoms with Crippen molar-refractivity contribution in [1.82, 2.24) is 20.8 Å². The molecule has 0 atom stereocenters. The van der Waals surface area contributed by atoms with Gasteiger partial charge in [0.2, 0.25) is 5.89 Å². The van der Waals surface area contributed by atoms with Crippen LogP contribution in [0.4, 0.5) is 13.2 Å². The lowest BCUT2D eigenvalue weighted by Gasteiger charge is -2.16. The summed E-state index contributed by atoms with van der Waals surface area (Å²) in [4.78, 5) is 8.42. The van der Waals surface area contributed by atoms with E-state index in [1.165, 1.54) is 0 Å². The van der Waals surface area contributed by atoms with Crippen molar-refractivity contribution in [1.29, 1.82) is 0 Å². The molecule has 2 aromatic rings. The Morgan fingerprint density at radius 3 is 2.40 bits per heavy atom. The van der Waals surface area contributed by atoms with Gasteiger partial charge >= 0.3 is 6.18 Å². The maximum atomic E-state index is 12.5. The largest absolute Gasteiger partial charge is 0.484 e. The van der Waals surface area contributed by atoms with Crippen LogP contribution in [0.2, 0.25) is 0 Å². The Balaban J connectivity index is 0.00000450. The lowest BCUT2D eigenvalue weighted by molar-refractivity contribution is -0.153. The van der Waals surface area contributed by atoms with Crippen LogP contribution in [0.1, 0.15) is 43.6 Å². The van der Waals surface area contributed by atoms with Gasteiger partial charge in [-0.05, 0) is 18.6 Å². The van der Waals surface area contributed by atoms with Crippen molar-refractivity contribution < 1.29 is 22.4 Å². The lowest BCUT2D eigenvalue weighted by Crippen LogP contribution is -2.36. The summed E-state index contributed by atoms with van der Waals surface area (Å²) < 4.78 is 47.7. The van der Waals surface area contributed by atoms with Gasteiger partial charge in [0.1, 0.15) is 5.75 Å². The molecule has 1 aromatic heterocycles. The highest BCUT2D eigenvalue weighted by molar-refractivity contribution is 14.0. The number of hydrogen-bond acceptors (Lipinski definition) is 5. The number of nitrogens with zero attached hydrogens (tertiary/aromatic N) is 3. The maximum absolute atomic E-state index is 12.5. The van der Waals surface area contributed by atoms with E-state index >= 15 is 0 Å². The molecule has 11 heteroatoms. The quantitative estimate of drug-likeness (QED) is 0.326.